The molecule has 2 amide bonds. The molecular formula is C22H26F2N6O5. The molecule has 0 saturated carbocycles. The molecule has 35 heavy (non-hydrogen) atoms. The second kappa shape index (κ2) is 10.2. The summed E-state index contributed by atoms with van der Waals surface area (Å²) in [7, 11) is 0. The second-order valence-electron chi connectivity index (χ2n) is 8.31. The Kier molecular flexibility index (Phi) is 7.12. The predicted molar refractivity (Wildman–Crippen MR) is 119 cm³/mol. The van der Waals surface area contributed by atoms with E-state index in [0.29, 0.717) is 18.7 Å². The molecular weight excluding hydrogens is 466 g/mol. The maximum atomic E-state index is 15.0. The Bertz CT molecular complexity index is 1110. The summed E-state index contributed by atoms with van der Waals surface area (Å²) in [5.74, 6) is -1.47. The Hall–Kier alpha value is -3.77. The molecule has 0 spiro atoms. The minimum absolute atomic E-state index is 0.00265. The number of halogens is 2. The third-order valence-electron chi connectivity index (χ3n) is 5.88. The first kappa shape index (κ1) is 24.4. The molecule has 1 aromatic carbocycles. The molecule has 3 heterocycles. The lowest BCUT2D eigenvalue weighted by atomic mass is 10.0. The van der Waals surface area contributed by atoms with Gasteiger partial charge in [-0.05, 0) is 31.5 Å². The van der Waals surface area contributed by atoms with E-state index in [0.717, 1.165) is 0 Å². The summed E-state index contributed by atoms with van der Waals surface area (Å²) in [4.78, 5) is 37.9. The first-order chi connectivity index (χ1) is 16.8. The molecule has 2 aliphatic heterocycles. The average molecular weight is 492 g/mol. The smallest absolute Gasteiger partial charge is 0.414 e. The third kappa shape index (κ3) is 5.33. The number of piperidine rings is 1. The number of esters is 1. The normalized spacial score (nSPS) is 22.2. The Labute approximate surface area is 199 Å². The number of hydrogen-bond acceptors (Lipinski definition) is 8. The molecule has 13 heteroatoms. The van der Waals surface area contributed by atoms with E-state index in [-0.39, 0.29) is 43.5 Å². The number of benzene rings is 1. The number of ether oxygens (including phenoxy) is 2. The number of nitrogens with one attached hydrogen (secondary N) is 1. The van der Waals surface area contributed by atoms with Gasteiger partial charge in [0.2, 0.25) is 5.91 Å². The monoisotopic (exact) mass is 492 g/mol. The van der Waals surface area contributed by atoms with E-state index in [2.05, 4.69) is 15.6 Å². The summed E-state index contributed by atoms with van der Waals surface area (Å²) in [6, 6.07) is 3.63. The fourth-order valence-corrected chi connectivity index (χ4v) is 4.16. The van der Waals surface area contributed by atoms with Gasteiger partial charge < -0.3 is 19.7 Å². The van der Waals surface area contributed by atoms with Gasteiger partial charge in [-0.3, -0.25) is 9.69 Å². The number of amides is 2. The maximum Gasteiger partial charge on any atom is 0.414 e. The summed E-state index contributed by atoms with van der Waals surface area (Å²) in [6.07, 6.45) is -0.886. The first-order valence-corrected chi connectivity index (χ1v) is 11.3. The molecule has 0 bridgehead atoms. The molecule has 188 valence electrons. The van der Waals surface area contributed by atoms with E-state index in [9.17, 15) is 18.8 Å². The van der Waals surface area contributed by atoms with Gasteiger partial charge in [0.1, 0.15) is 18.1 Å². The predicted octanol–water partition coefficient (Wildman–Crippen LogP) is 1.84. The fourth-order valence-electron chi connectivity index (χ4n) is 4.16. The van der Waals surface area contributed by atoms with Crippen LogP contribution in [0.25, 0.3) is 0 Å². The minimum atomic E-state index is -1.39. The van der Waals surface area contributed by atoms with Crippen molar-refractivity contribution >= 4 is 29.3 Å². The number of aromatic nitrogens is 3. The van der Waals surface area contributed by atoms with Crippen LogP contribution in [0.3, 0.4) is 0 Å². The van der Waals surface area contributed by atoms with Crippen LogP contribution in [0.15, 0.2) is 24.4 Å². The summed E-state index contributed by atoms with van der Waals surface area (Å²) in [5, 5.41) is 10.2. The van der Waals surface area contributed by atoms with Crippen LogP contribution in [0.2, 0.25) is 0 Å². The highest BCUT2D eigenvalue weighted by atomic mass is 19.1. The van der Waals surface area contributed by atoms with Crippen LogP contribution in [0.4, 0.5) is 25.0 Å². The van der Waals surface area contributed by atoms with E-state index in [1.54, 1.807) is 17.9 Å². The number of rotatable bonds is 7. The van der Waals surface area contributed by atoms with Gasteiger partial charge in [0.05, 0.1) is 49.9 Å². The van der Waals surface area contributed by atoms with Gasteiger partial charge in [0.25, 0.3) is 0 Å². The van der Waals surface area contributed by atoms with Crippen molar-refractivity contribution in [1.82, 2.24) is 20.3 Å². The van der Waals surface area contributed by atoms with Crippen molar-refractivity contribution in [3.63, 3.8) is 0 Å². The van der Waals surface area contributed by atoms with Crippen molar-refractivity contribution in [1.29, 1.82) is 0 Å². The zero-order valence-corrected chi connectivity index (χ0v) is 19.3. The molecule has 1 N–H and O–H groups in total. The summed E-state index contributed by atoms with van der Waals surface area (Å²) >= 11 is 0. The number of nitrogens with zero attached hydrogens (tertiary/aromatic N) is 5. The molecule has 0 aliphatic carbocycles. The Balaban J connectivity index is 1.40. The highest BCUT2D eigenvalue weighted by Crippen LogP contribution is 2.32. The van der Waals surface area contributed by atoms with Gasteiger partial charge in [-0.2, -0.15) is 0 Å². The van der Waals surface area contributed by atoms with Crippen LogP contribution in [0.1, 0.15) is 36.8 Å². The standard InChI is InChI=1S/C22H26F2N6O5/c1-3-34-21(32)18-12-30(27-26-18)20-6-7-28(11-17(20)24)19-5-4-14(8-16(19)23)29-10-15(35-22(29)33)9-25-13(2)31/h4-5,8,12,15,17,20H,3,6-7,9-11H2,1-2H3,(H,25,31). The van der Waals surface area contributed by atoms with Crippen molar-refractivity contribution in [2.45, 2.75) is 38.6 Å². The zero-order valence-electron chi connectivity index (χ0n) is 19.3. The van der Waals surface area contributed by atoms with Gasteiger partial charge >= 0.3 is 12.1 Å². The SMILES string of the molecule is CCOC(=O)c1cn(C2CCN(c3ccc(N4CC(CNC(C)=O)OC4=O)cc3F)CC2F)nn1. The summed E-state index contributed by atoms with van der Waals surface area (Å²) in [6.45, 7) is 3.82. The molecule has 2 saturated heterocycles. The highest BCUT2D eigenvalue weighted by molar-refractivity contribution is 5.90. The van der Waals surface area contributed by atoms with Crippen LogP contribution in [0.5, 0.6) is 0 Å². The Morgan fingerprint density at radius 3 is 2.80 bits per heavy atom. The lowest BCUT2D eigenvalue weighted by Crippen LogP contribution is -2.43. The van der Waals surface area contributed by atoms with Gasteiger partial charge in [-0.15, -0.1) is 5.10 Å². The molecule has 2 aromatic rings. The minimum Gasteiger partial charge on any atom is -0.461 e. The van der Waals surface area contributed by atoms with Crippen molar-refractivity contribution in [3.8, 4) is 0 Å². The fraction of sp³-hybridized carbons (Fsp3) is 0.500. The third-order valence-corrected chi connectivity index (χ3v) is 5.88. The average Bonchev–Trinajstić information content (AvgIpc) is 3.45. The Morgan fingerprint density at radius 1 is 1.31 bits per heavy atom. The van der Waals surface area contributed by atoms with Crippen molar-refractivity contribution < 1.29 is 32.6 Å². The van der Waals surface area contributed by atoms with Crippen LogP contribution in [-0.2, 0) is 14.3 Å². The maximum absolute atomic E-state index is 15.0. The van der Waals surface area contributed by atoms with Crippen LogP contribution < -0.4 is 15.1 Å². The number of carbonyl (C=O) groups excluding carboxylic acids is 3. The van der Waals surface area contributed by atoms with Gasteiger partial charge in [-0.1, -0.05) is 5.21 Å². The molecule has 4 rings (SSSR count). The lowest BCUT2D eigenvalue weighted by Gasteiger charge is -2.36. The van der Waals surface area contributed by atoms with Crippen LogP contribution in [0, 0.1) is 5.82 Å². The lowest BCUT2D eigenvalue weighted by molar-refractivity contribution is -0.119. The van der Waals surface area contributed by atoms with E-state index in [1.807, 2.05) is 0 Å². The highest BCUT2D eigenvalue weighted by Gasteiger charge is 2.35. The quantitative estimate of drug-likeness (QED) is 0.582. The van der Waals surface area contributed by atoms with E-state index >= 15 is 4.39 Å². The number of anilines is 2. The van der Waals surface area contributed by atoms with Crippen molar-refractivity contribution in [3.05, 3.63) is 35.9 Å². The van der Waals surface area contributed by atoms with E-state index in [4.69, 9.17) is 9.47 Å². The molecule has 0 radical (unpaired) electrons. The molecule has 2 aliphatic rings. The molecule has 11 nitrogen and oxygen atoms in total. The second-order valence-corrected chi connectivity index (χ2v) is 8.31. The molecule has 1 aromatic heterocycles. The van der Waals surface area contributed by atoms with Crippen molar-refractivity contribution in [2.75, 3.05) is 42.6 Å². The molecule has 2 fully saturated rings. The largest absolute Gasteiger partial charge is 0.461 e. The zero-order chi connectivity index (χ0) is 25.1. The summed E-state index contributed by atoms with van der Waals surface area (Å²) in [5.41, 5.74) is 0.522. The number of hydrogen-bond donors (Lipinski definition) is 1. The number of alkyl halides is 1. The Morgan fingerprint density at radius 2 is 2.11 bits per heavy atom. The van der Waals surface area contributed by atoms with E-state index < -0.39 is 36.2 Å². The number of cyclic esters (lactones) is 1. The van der Waals surface area contributed by atoms with Crippen molar-refractivity contribution in [2.24, 2.45) is 0 Å². The molecule has 3 atom stereocenters. The van der Waals surface area contributed by atoms with Gasteiger partial charge in [-0.25, -0.2) is 23.1 Å². The topological polar surface area (TPSA) is 119 Å². The van der Waals surface area contributed by atoms with E-state index in [1.165, 1.54) is 34.8 Å². The summed E-state index contributed by atoms with van der Waals surface area (Å²) < 4.78 is 41.4. The van der Waals surface area contributed by atoms with Crippen LogP contribution in [-0.4, -0.2) is 78.0 Å². The first-order valence-electron chi connectivity index (χ1n) is 11.3. The number of carbonyl (C=O) groups is 3. The van der Waals surface area contributed by atoms with Gasteiger partial charge in [0.15, 0.2) is 5.69 Å². The van der Waals surface area contributed by atoms with Gasteiger partial charge in [0, 0.05) is 13.5 Å². The van der Waals surface area contributed by atoms with Crippen LogP contribution >= 0.6 is 0 Å². The molecule has 3 unspecified atom stereocenters.